The van der Waals surface area contributed by atoms with Crippen LogP contribution in [0.5, 0.6) is 0 Å². The first kappa shape index (κ1) is 23.5. The molecule has 0 bridgehead atoms. The molecule has 1 aromatic carbocycles. The summed E-state index contributed by atoms with van der Waals surface area (Å²) in [6, 6.07) is 16.9. The van der Waals surface area contributed by atoms with Crippen molar-refractivity contribution >= 4 is 28.9 Å². The third kappa shape index (κ3) is 4.96. The Kier molecular flexibility index (Phi) is 6.86. The van der Waals surface area contributed by atoms with Gasteiger partial charge in [0.25, 0.3) is 0 Å². The SMILES string of the molecule is Cc1ccc(C)c(NC(=O)CCN2C(=S)N[C@H](c3ccccn3)[C@H]2c2cccn2C2CCCC2)c1. The van der Waals surface area contributed by atoms with Crippen LogP contribution in [0.3, 0.4) is 0 Å². The van der Waals surface area contributed by atoms with Crippen LogP contribution in [-0.2, 0) is 4.79 Å². The minimum atomic E-state index is -0.0687. The van der Waals surface area contributed by atoms with Crippen LogP contribution in [0.1, 0.15) is 72.7 Å². The molecule has 6 nitrogen and oxygen atoms in total. The maximum atomic E-state index is 12.9. The molecule has 2 N–H and O–H groups in total. The summed E-state index contributed by atoms with van der Waals surface area (Å²) in [7, 11) is 0. The minimum Gasteiger partial charge on any atom is -0.352 e. The van der Waals surface area contributed by atoms with Crippen molar-refractivity contribution in [1.82, 2.24) is 19.8 Å². The monoisotopic (exact) mass is 487 g/mol. The highest BCUT2D eigenvalue weighted by atomic mass is 32.1. The molecule has 3 aromatic rings. The number of thiocarbonyl (C=S) groups is 1. The molecule has 2 aliphatic rings. The van der Waals surface area contributed by atoms with Crippen LogP contribution in [0.4, 0.5) is 5.69 Å². The molecule has 1 amide bonds. The Bertz CT molecular complexity index is 1200. The Balaban J connectivity index is 1.39. The van der Waals surface area contributed by atoms with Crippen molar-refractivity contribution in [1.29, 1.82) is 0 Å². The number of carbonyl (C=O) groups is 1. The van der Waals surface area contributed by atoms with E-state index in [1.165, 1.54) is 31.4 Å². The highest BCUT2D eigenvalue weighted by molar-refractivity contribution is 7.80. The Morgan fingerprint density at radius 2 is 1.97 bits per heavy atom. The fourth-order valence-corrected chi connectivity index (χ4v) is 5.78. The van der Waals surface area contributed by atoms with Gasteiger partial charge >= 0.3 is 0 Å². The zero-order valence-corrected chi connectivity index (χ0v) is 21.2. The maximum absolute atomic E-state index is 12.9. The summed E-state index contributed by atoms with van der Waals surface area (Å²) in [5.41, 5.74) is 5.25. The molecule has 35 heavy (non-hydrogen) atoms. The summed E-state index contributed by atoms with van der Waals surface area (Å²) in [5, 5.41) is 7.28. The molecule has 2 atom stereocenters. The van der Waals surface area contributed by atoms with Gasteiger partial charge in [-0.15, -0.1) is 0 Å². The highest BCUT2D eigenvalue weighted by Crippen LogP contribution is 2.41. The van der Waals surface area contributed by atoms with E-state index in [1.807, 2.05) is 50.4 Å². The first-order valence-electron chi connectivity index (χ1n) is 12.5. The Hall–Kier alpha value is -3.19. The molecule has 7 heteroatoms. The number of nitrogens with zero attached hydrogens (tertiary/aromatic N) is 3. The zero-order valence-electron chi connectivity index (χ0n) is 20.4. The van der Waals surface area contributed by atoms with Crippen LogP contribution in [0.15, 0.2) is 60.9 Å². The number of benzene rings is 1. The summed E-state index contributed by atoms with van der Waals surface area (Å²) >= 11 is 5.81. The maximum Gasteiger partial charge on any atom is 0.226 e. The first-order valence-corrected chi connectivity index (χ1v) is 12.9. The number of hydrogen-bond donors (Lipinski definition) is 2. The molecule has 0 radical (unpaired) electrons. The summed E-state index contributed by atoms with van der Waals surface area (Å²) in [5.74, 6) is -0.00675. The molecule has 1 aliphatic heterocycles. The summed E-state index contributed by atoms with van der Waals surface area (Å²) in [4.78, 5) is 19.8. The van der Waals surface area contributed by atoms with E-state index in [2.05, 4.69) is 49.5 Å². The molecular weight excluding hydrogens is 454 g/mol. The zero-order chi connectivity index (χ0) is 24.4. The molecule has 1 aliphatic carbocycles. The first-order chi connectivity index (χ1) is 17.0. The van der Waals surface area contributed by atoms with Crippen LogP contribution < -0.4 is 10.6 Å². The lowest BCUT2D eigenvalue weighted by molar-refractivity contribution is -0.116. The van der Waals surface area contributed by atoms with E-state index in [1.54, 1.807) is 0 Å². The predicted octanol–water partition coefficient (Wildman–Crippen LogP) is 5.62. The number of amides is 1. The molecule has 1 saturated heterocycles. The van der Waals surface area contributed by atoms with Gasteiger partial charge in [0.1, 0.15) is 0 Å². The van der Waals surface area contributed by atoms with Crippen LogP contribution in [0, 0.1) is 13.8 Å². The average Bonchev–Trinajstić information content (AvgIpc) is 3.60. The van der Waals surface area contributed by atoms with E-state index in [4.69, 9.17) is 12.2 Å². The number of aromatic nitrogens is 2. The molecule has 3 heterocycles. The van der Waals surface area contributed by atoms with Gasteiger partial charge in [0.2, 0.25) is 5.91 Å². The third-order valence-corrected chi connectivity index (χ3v) is 7.63. The van der Waals surface area contributed by atoms with E-state index in [0.717, 1.165) is 22.5 Å². The van der Waals surface area contributed by atoms with Crippen LogP contribution in [-0.4, -0.2) is 32.0 Å². The standard InChI is InChI=1S/C28H33N5OS/c1-19-12-13-20(2)23(18-19)30-25(34)14-17-33-27(24-11-7-16-32(24)21-8-3-4-9-21)26(31-28(33)35)22-10-5-6-15-29-22/h5-7,10-13,15-16,18,21,26-27H,3-4,8-9,14,17H2,1-2H3,(H,30,34)(H,31,35)/t26-,27-/m1/s1. The lowest BCUT2D eigenvalue weighted by atomic mass is 10.0. The number of carbonyl (C=O) groups excluding carboxylic acids is 1. The van der Waals surface area contributed by atoms with Gasteiger partial charge in [-0.05, 0) is 80.4 Å². The van der Waals surface area contributed by atoms with Crippen molar-refractivity contribution in [3.05, 3.63) is 83.4 Å². The molecular formula is C28H33N5OS. The predicted molar refractivity (Wildman–Crippen MR) is 143 cm³/mol. The Morgan fingerprint density at radius 1 is 1.14 bits per heavy atom. The second kappa shape index (κ2) is 10.2. The topological polar surface area (TPSA) is 62.2 Å². The quantitative estimate of drug-likeness (QED) is 0.424. The Morgan fingerprint density at radius 3 is 2.74 bits per heavy atom. The van der Waals surface area contributed by atoms with Gasteiger partial charge in [-0.1, -0.05) is 31.0 Å². The van der Waals surface area contributed by atoms with Crippen molar-refractivity contribution in [2.45, 2.75) is 64.1 Å². The Labute approximate surface area is 212 Å². The number of anilines is 1. The van der Waals surface area contributed by atoms with E-state index < -0.39 is 0 Å². The van der Waals surface area contributed by atoms with Gasteiger partial charge in [0.15, 0.2) is 5.11 Å². The van der Waals surface area contributed by atoms with Crippen LogP contribution in [0.25, 0.3) is 0 Å². The van der Waals surface area contributed by atoms with E-state index >= 15 is 0 Å². The molecule has 1 saturated carbocycles. The molecule has 2 aromatic heterocycles. The molecule has 2 fully saturated rings. The van der Waals surface area contributed by atoms with Gasteiger partial charge < -0.3 is 20.1 Å². The van der Waals surface area contributed by atoms with Crippen LogP contribution >= 0.6 is 12.2 Å². The van der Waals surface area contributed by atoms with Gasteiger partial charge in [-0.25, -0.2) is 0 Å². The van der Waals surface area contributed by atoms with E-state index in [9.17, 15) is 4.79 Å². The number of aryl methyl sites for hydroxylation is 2. The summed E-state index contributed by atoms with van der Waals surface area (Å²) in [6.45, 7) is 4.58. The second-order valence-corrected chi connectivity index (χ2v) is 10.1. The number of rotatable bonds is 7. The summed E-state index contributed by atoms with van der Waals surface area (Å²) in [6.07, 6.45) is 9.34. The molecule has 5 rings (SSSR count). The minimum absolute atomic E-state index is 0.00675. The van der Waals surface area contributed by atoms with Gasteiger partial charge in [0.05, 0.1) is 17.8 Å². The fraction of sp³-hybridized carbons (Fsp3) is 0.393. The van der Waals surface area contributed by atoms with Gasteiger partial charge in [0, 0.05) is 42.8 Å². The highest BCUT2D eigenvalue weighted by Gasteiger charge is 2.41. The van der Waals surface area contributed by atoms with Crippen molar-refractivity contribution in [2.75, 3.05) is 11.9 Å². The largest absolute Gasteiger partial charge is 0.352 e. The molecule has 182 valence electrons. The lowest BCUT2D eigenvalue weighted by Gasteiger charge is -2.30. The lowest BCUT2D eigenvalue weighted by Crippen LogP contribution is -2.33. The fourth-order valence-electron chi connectivity index (χ4n) is 5.45. The number of nitrogens with one attached hydrogen (secondary N) is 2. The van der Waals surface area contributed by atoms with Crippen molar-refractivity contribution < 1.29 is 4.79 Å². The van der Waals surface area contributed by atoms with Gasteiger partial charge in [-0.3, -0.25) is 9.78 Å². The van der Waals surface area contributed by atoms with Crippen molar-refractivity contribution in [2.24, 2.45) is 0 Å². The summed E-state index contributed by atoms with van der Waals surface area (Å²) < 4.78 is 2.44. The number of pyridine rings is 1. The number of hydrogen-bond acceptors (Lipinski definition) is 3. The average molecular weight is 488 g/mol. The second-order valence-electron chi connectivity index (χ2n) is 9.72. The normalized spacial score (nSPS) is 20.3. The molecule has 0 unspecified atom stereocenters. The van der Waals surface area contributed by atoms with Gasteiger partial charge in [-0.2, -0.15) is 0 Å². The van der Waals surface area contributed by atoms with E-state index in [-0.39, 0.29) is 18.0 Å². The van der Waals surface area contributed by atoms with E-state index in [0.29, 0.717) is 24.1 Å². The smallest absolute Gasteiger partial charge is 0.226 e. The third-order valence-electron chi connectivity index (χ3n) is 7.28. The van der Waals surface area contributed by atoms with Crippen LogP contribution in [0.2, 0.25) is 0 Å². The van der Waals surface area contributed by atoms with Crippen molar-refractivity contribution in [3.8, 4) is 0 Å². The van der Waals surface area contributed by atoms with Crippen molar-refractivity contribution in [3.63, 3.8) is 0 Å². The molecule has 0 spiro atoms.